The summed E-state index contributed by atoms with van der Waals surface area (Å²) in [5, 5.41) is 0. The zero-order valence-corrected chi connectivity index (χ0v) is 16.6. The van der Waals surface area contributed by atoms with E-state index in [9.17, 15) is 14.0 Å². The first-order valence-corrected chi connectivity index (χ1v) is 9.83. The number of pyridine rings is 1. The van der Waals surface area contributed by atoms with Crippen molar-refractivity contribution >= 4 is 11.8 Å². The second-order valence-corrected chi connectivity index (χ2v) is 7.54. The molecule has 0 saturated heterocycles. The number of carbonyl (C=O) groups is 2. The van der Waals surface area contributed by atoms with Gasteiger partial charge in [0.1, 0.15) is 11.9 Å². The van der Waals surface area contributed by atoms with E-state index in [0.717, 1.165) is 11.1 Å². The van der Waals surface area contributed by atoms with Crippen LogP contribution in [0.25, 0.3) is 0 Å². The number of halogens is 1. The number of carbonyl (C=O) groups excluding carboxylic acids is 2. The van der Waals surface area contributed by atoms with E-state index in [1.807, 2.05) is 19.1 Å². The SMILES string of the molecule is Cc1cc(F)c2c(c1)[C@H](N(C(=O)c1cccnc1)[C@H](C(N)=O)c1ccccc1)CC2. The first-order valence-electron chi connectivity index (χ1n) is 9.83. The molecule has 1 aliphatic rings. The Morgan fingerprint density at radius 3 is 2.60 bits per heavy atom. The molecular weight excluding hydrogens is 381 g/mol. The summed E-state index contributed by atoms with van der Waals surface area (Å²) in [5.74, 6) is -1.29. The van der Waals surface area contributed by atoms with Crippen LogP contribution in [0.5, 0.6) is 0 Å². The molecule has 2 N–H and O–H groups in total. The van der Waals surface area contributed by atoms with E-state index >= 15 is 0 Å². The Kier molecular flexibility index (Phi) is 5.31. The molecular formula is C24H22FN3O2. The van der Waals surface area contributed by atoms with Gasteiger partial charge in [0.15, 0.2) is 0 Å². The second kappa shape index (κ2) is 8.06. The van der Waals surface area contributed by atoms with Crippen molar-refractivity contribution in [2.45, 2.75) is 31.8 Å². The van der Waals surface area contributed by atoms with Gasteiger partial charge in [0.05, 0.1) is 11.6 Å². The zero-order chi connectivity index (χ0) is 21.3. The number of aryl methyl sites for hydroxylation is 1. The number of nitrogens with zero attached hydrogens (tertiary/aromatic N) is 2. The Balaban J connectivity index is 1.88. The largest absolute Gasteiger partial charge is 0.368 e. The molecule has 4 rings (SSSR count). The van der Waals surface area contributed by atoms with Crippen LogP contribution < -0.4 is 5.73 Å². The van der Waals surface area contributed by atoms with Gasteiger partial charge < -0.3 is 10.6 Å². The molecule has 3 aromatic rings. The van der Waals surface area contributed by atoms with Gasteiger partial charge in [-0.1, -0.05) is 36.4 Å². The first kappa shape index (κ1) is 19.8. The molecule has 6 heteroatoms. The average Bonchev–Trinajstić information content (AvgIpc) is 3.16. The van der Waals surface area contributed by atoms with Crippen molar-refractivity contribution in [3.63, 3.8) is 0 Å². The van der Waals surface area contributed by atoms with Crippen molar-refractivity contribution in [2.24, 2.45) is 5.73 Å². The van der Waals surface area contributed by atoms with Crippen LogP contribution in [-0.4, -0.2) is 21.7 Å². The van der Waals surface area contributed by atoms with Crippen LogP contribution in [0.2, 0.25) is 0 Å². The highest BCUT2D eigenvalue weighted by Gasteiger charge is 2.40. The molecule has 2 atom stereocenters. The zero-order valence-electron chi connectivity index (χ0n) is 16.6. The quantitative estimate of drug-likeness (QED) is 0.702. The lowest BCUT2D eigenvalue weighted by atomic mass is 9.97. The second-order valence-electron chi connectivity index (χ2n) is 7.54. The number of hydrogen-bond acceptors (Lipinski definition) is 3. The molecule has 1 aromatic heterocycles. The van der Waals surface area contributed by atoms with Gasteiger partial charge in [0.2, 0.25) is 5.91 Å². The first-order chi connectivity index (χ1) is 14.5. The van der Waals surface area contributed by atoms with Gasteiger partial charge in [-0.25, -0.2) is 4.39 Å². The topological polar surface area (TPSA) is 76.3 Å². The van der Waals surface area contributed by atoms with E-state index in [-0.39, 0.29) is 11.7 Å². The summed E-state index contributed by atoms with van der Waals surface area (Å²) in [6.07, 6.45) is 4.04. The van der Waals surface area contributed by atoms with E-state index in [1.54, 1.807) is 42.6 Å². The van der Waals surface area contributed by atoms with Gasteiger partial charge >= 0.3 is 0 Å². The highest BCUT2D eigenvalue weighted by atomic mass is 19.1. The van der Waals surface area contributed by atoms with Crippen molar-refractivity contribution in [2.75, 3.05) is 0 Å². The molecule has 2 amide bonds. The Labute approximate surface area is 174 Å². The number of nitrogens with two attached hydrogens (primary N) is 1. The van der Waals surface area contributed by atoms with Crippen LogP contribution in [0.3, 0.4) is 0 Å². The third-order valence-corrected chi connectivity index (χ3v) is 5.54. The lowest BCUT2D eigenvalue weighted by molar-refractivity contribution is -0.123. The van der Waals surface area contributed by atoms with Gasteiger partial charge in [-0.15, -0.1) is 0 Å². The van der Waals surface area contributed by atoms with Crippen molar-refractivity contribution in [1.29, 1.82) is 0 Å². The molecule has 5 nitrogen and oxygen atoms in total. The summed E-state index contributed by atoms with van der Waals surface area (Å²) in [6.45, 7) is 1.81. The Bertz CT molecular complexity index is 1090. The number of primary amides is 1. The number of fused-ring (bicyclic) bond motifs is 1. The summed E-state index contributed by atoms with van der Waals surface area (Å²) in [4.78, 5) is 31.8. The molecule has 0 saturated carbocycles. The third-order valence-electron chi connectivity index (χ3n) is 5.54. The molecule has 2 aromatic carbocycles. The van der Waals surface area contributed by atoms with Gasteiger partial charge in [0, 0.05) is 12.4 Å². The van der Waals surface area contributed by atoms with E-state index < -0.39 is 18.0 Å². The molecule has 152 valence electrons. The van der Waals surface area contributed by atoms with Crippen molar-refractivity contribution < 1.29 is 14.0 Å². The van der Waals surface area contributed by atoms with Gasteiger partial charge in [-0.3, -0.25) is 14.6 Å². The highest BCUT2D eigenvalue weighted by molar-refractivity contribution is 5.97. The lowest BCUT2D eigenvalue weighted by Crippen LogP contribution is -2.43. The molecule has 30 heavy (non-hydrogen) atoms. The minimum Gasteiger partial charge on any atom is -0.368 e. The predicted molar refractivity (Wildman–Crippen MR) is 111 cm³/mol. The monoisotopic (exact) mass is 403 g/mol. The van der Waals surface area contributed by atoms with Crippen LogP contribution in [0.15, 0.2) is 67.0 Å². The van der Waals surface area contributed by atoms with Crippen LogP contribution in [0.4, 0.5) is 4.39 Å². The maximum Gasteiger partial charge on any atom is 0.256 e. The Morgan fingerprint density at radius 2 is 1.93 bits per heavy atom. The van der Waals surface area contributed by atoms with E-state index in [4.69, 9.17) is 5.73 Å². The number of rotatable bonds is 5. The fraction of sp³-hybridized carbons (Fsp3) is 0.208. The summed E-state index contributed by atoms with van der Waals surface area (Å²) in [7, 11) is 0. The third kappa shape index (κ3) is 3.56. The van der Waals surface area contributed by atoms with Crippen LogP contribution >= 0.6 is 0 Å². The minimum absolute atomic E-state index is 0.281. The lowest BCUT2D eigenvalue weighted by Gasteiger charge is -2.36. The maximum atomic E-state index is 14.6. The number of benzene rings is 2. The number of hydrogen-bond donors (Lipinski definition) is 1. The van der Waals surface area contributed by atoms with Crippen molar-refractivity contribution in [3.8, 4) is 0 Å². The van der Waals surface area contributed by atoms with E-state index in [0.29, 0.717) is 29.5 Å². The molecule has 0 fully saturated rings. The maximum absolute atomic E-state index is 14.6. The molecule has 0 bridgehead atoms. The summed E-state index contributed by atoms with van der Waals surface area (Å²) >= 11 is 0. The fourth-order valence-electron chi connectivity index (χ4n) is 4.26. The van der Waals surface area contributed by atoms with Crippen molar-refractivity contribution in [3.05, 3.63) is 101 Å². The molecule has 0 unspecified atom stereocenters. The molecule has 0 aliphatic heterocycles. The molecule has 0 radical (unpaired) electrons. The average molecular weight is 403 g/mol. The summed E-state index contributed by atoms with van der Waals surface area (Å²) < 4.78 is 14.6. The molecule has 0 spiro atoms. The Morgan fingerprint density at radius 1 is 1.17 bits per heavy atom. The standard InChI is InChI=1S/C24H22FN3O2/c1-15-12-19-18(20(25)13-15)9-10-21(19)28(24(30)17-8-5-11-27-14-17)22(23(26)29)16-6-3-2-4-7-16/h2-8,11-14,21-22H,9-10H2,1H3,(H2,26,29)/t21-,22+/m1/s1. The highest BCUT2D eigenvalue weighted by Crippen LogP contribution is 2.42. The minimum atomic E-state index is -0.988. The van der Waals surface area contributed by atoms with E-state index in [2.05, 4.69) is 4.98 Å². The molecule has 1 aliphatic carbocycles. The number of amides is 2. The van der Waals surface area contributed by atoms with Gasteiger partial charge in [-0.2, -0.15) is 0 Å². The van der Waals surface area contributed by atoms with Gasteiger partial charge in [0.25, 0.3) is 5.91 Å². The van der Waals surface area contributed by atoms with Crippen LogP contribution in [-0.2, 0) is 11.2 Å². The number of aromatic nitrogens is 1. The smallest absolute Gasteiger partial charge is 0.256 e. The summed E-state index contributed by atoms with van der Waals surface area (Å²) in [5.41, 5.74) is 8.86. The molecule has 1 heterocycles. The van der Waals surface area contributed by atoms with Crippen LogP contribution in [0, 0.1) is 12.7 Å². The normalized spacial score (nSPS) is 16.0. The van der Waals surface area contributed by atoms with Crippen LogP contribution in [0.1, 0.15) is 51.1 Å². The van der Waals surface area contributed by atoms with Gasteiger partial charge in [-0.05, 0) is 60.2 Å². The summed E-state index contributed by atoms with van der Waals surface area (Å²) in [6, 6.07) is 14.2. The Hall–Kier alpha value is -3.54. The van der Waals surface area contributed by atoms with E-state index in [1.165, 1.54) is 17.2 Å². The fourth-order valence-corrected chi connectivity index (χ4v) is 4.26. The van der Waals surface area contributed by atoms with Crippen molar-refractivity contribution in [1.82, 2.24) is 9.88 Å². The predicted octanol–water partition coefficient (Wildman–Crippen LogP) is 3.89.